The van der Waals surface area contributed by atoms with Crippen LogP contribution in [0.3, 0.4) is 0 Å². The lowest BCUT2D eigenvalue weighted by Crippen LogP contribution is -2.23. The van der Waals surface area contributed by atoms with Crippen molar-refractivity contribution in [3.05, 3.63) is 39.4 Å². The summed E-state index contributed by atoms with van der Waals surface area (Å²) < 4.78 is 0. The van der Waals surface area contributed by atoms with E-state index in [1.165, 1.54) is 5.56 Å². The van der Waals surface area contributed by atoms with Crippen molar-refractivity contribution in [1.29, 1.82) is 0 Å². The molecule has 1 aliphatic heterocycles. The maximum Gasteiger partial charge on any atom is 0.269 e. The van der Waals surface area contributed by atoms with E-state index in [2.05, 4.69) is 5.32 Å². The van der Waals surface area contributed by atoms with Gasteiger partial charge in [0, 0.05) is 18.7 Å². The minimum Gasteiger partial charge on any atom is -0.312 e. The molecule has 0 saturated heterocycles. The average molecular weight is 224 g/mol. The predicted molar refractivity (Wildman–Crippen MR) is 66.6 cm³/mol. The molecule has 1 aliphatic rings. The first kappa shape index (κ1) is 14.6. The molecule has 2 rings (SSSR count). The Kier molecular flexibility index (Phi) is 6.34. The number of nitro groups is 1. The zero-order valence-corrected chi connectivity index (χ0v) is 9.12. The van der Waals surface area contributed by atoms with Gasteiger partial charge in [-0.25, -0.2) is 0 Å². The molecule has 4 nitrogen and oxygen atoms in total. The average Bonchev–Trinajstić information content (AvgIpc) is 2.31. The molecule has 1 heterocycles. The van der Waals surface area contributed by atoms with E-state index < -0.39 is 0 Å². The standard InChI is InChI=1S/C9H10N2O2.C2H6.CH4/c12-11(13)9-2-1-7-3-4-10-6-8(7)5-9;1-2;/h1-2,5,10H,3-4,6H2;1-2H3;1H4. The molecule has 0 amide bonds. The summed E-state index contributed by atoms with van der Waals surface area (Å²) in [6, 6.07) is 5.08. The summed E-state index contributed by atoms with van der Waals surface area (Å²) in [5.41, 5.74) is 2.47. The first-order chi connectivity index (χ1) is 7.27. The van der Waals surface area contributed by atoms with Crippen LogP contribution in [0.2, 0.25) is 0 Å². The van der Waals surface area contributed by atoms with Crippen LogP contribution >= 0.6 is 0 Å². The van der Waals surface area contributed by atoms with Gasteiger partial charge in [0.15, 0.2) is 0 Å². The van der Waals surface area contributed by atoms with Crippen molar-refractivity contribution in [2.45, 2.75) is 34.2 Å². The number of nitrogens with zero attached hydrogens (tertiary/aromatic N) is 1. The van der Waals surface area contributed by atoms with E-state index in [1.807, 2.05) is 19.9 Å². The number of non-ortho nitro benzene ring substituents is 1. The lowest BCUT2D eigenvalue weighted by atomic mass is 10.0. The summed E-state index contributed by atoms with van der Waals surface area (Å²) >= 11 is 0. The highest BCUT2D eigenvalue weighted by molar-refractivity contribution is 5.40. The third-order valence-corrected chi connectivity index (χ3v) is 2.29. The summed E-state index contributed by atoms with van der Waals surface area (Å²) in [7, 11) is 0. The van der Waals surface area contributed by atoms with Crippen molar-refractivity contribution < 1.29 is 4.92 Å². The molecule has 0 radical (unpaired) electrons. The minimum atomic E-state index is -0.352. The van der Waals surface area contributed by atoms with E-state index in [9.17, 15) is 10.1 Å². The Hall–Kier alpha value is -1.42. The van der Waals surface area contributed by atoms with E-state index in [4.69, 9.17) is 0 Å². The van der Waals surface area contributed by atoms with Gasteiger partial charge >= 0.3 is 0 Å². The van der Waals surface area contributed by atoms with Crippen LogP contribution in [-0.4, -0.2) is 11.5 Å². The Bertz CT molecular complexity index is 351. The smallest absolute Gasteiger partial charge is 0.269 e. The van der Waals surface area contributed by atoms with Crippen molar-refractivity contribution in [1.82, 2.24) is 5.32 Å². The van der Waals surface area contributed by atoms with Crippen LogP contribution in [0.25, 0.3) is 0 Å². The van der Waals surface area contributed by atoms with Gasteiger partial charge in [-0.2, -0.15) is 0 Å². The van der Waals surface area contributed by atoms with Gasteiger partial charge in [-0.3, -0.25) is 10.1 Å². The van der Waals surface area contributed by atoms with Gasteiger partial charge in [0.05, 0.1) is 4.92 Å². The van der Waals surface area contributed by atoms with Crippen molar-refractivity contribution in [3.63, 3.8) is 0 Å². The molecule has 4 heteroatoms. The molecule has 0 bridgehead atoms. The van der Waals surface area contributed by atoms with Crippen LogP contribution in [0, 0.1) is 10.1 Å². The molecule has 0 unspecified atom stereocenters. The third-order valence-electron chi connectivity index (χ3n) is 2.29. The Morgan fingerprint density at radius 1 is 1.31 bits per heavy atom. The van der Waals surface area contributed by atoms with Crippen molar-refractivity contribution in [2.75, 3.05) is 6.54 Å². The molecule has 0 aliphatic carbocycles. The molecular formula is C12H20N2O2. The van der Waals surface area contributed by atoms with Crippen LogP contribution in [-0.2, 0) is 13.0 Å². The van der Waals surface area contributed by atoms with E-state index in [-0.39, 0.29) is 18.0 Å². The number of rotatable bonds is 1. The van der Waals surface area contributed by atoms with Gasteiger partial charge in [-0.15, -0.1) is 0 Å². The molecule has 0 saturated carbocycles. The zero-order valence-electron chi connectivity index (χ0n) is 9.12. The number of fused-ring (bicyclic) bond motifs is 1. The third kappa shape index (κ3) is 3.31. The Morgan fingerprint density at radius 3 is 2.62 bits per heavy atom. The quantitative estimate of drug-likeness (QED) is 0.589. The predicted octanol–water partition coefficient (Wildman–Crippen LogP) is 2.90. The van der Waals surface area contributed by atoms with Gasteiger partial charge in [0.25, 0.3) is 5.69 Å². The Labute approximate surface area is 96.8 Å². The first-order valence-electron chi connectivity index (χ1n) is 5.24. The van der Waals surface area contributed by atoms with Crippen molar-refractivity contribution >= 4 is 5.69 Å². The second-order valence-electron chi connectivity index (χ2n) is 3.14. The van der Waals surface area contributed by atoms with Crippen LogP contribution < -0.4 is 5.32 Å². The maximum absolute atomic E-state index is 10.5. The second kappa shape index (κ2) is 6.95. The SMILES string of the molecule is C.CC.O=[N+]([O-])c1ccc2c(c1)CNCC2. The second-order valence-corrected chi connectivity index (χ2v) is 3.14. The molecule has 0 aromatic heterocycles. The molecule has 0 fully saturated rings. The highest BCUT2D eigenvalue weighted by Crippen LogP contribution is 2.20. The molecule has 1 N–H and O–H groups in total. The summed E-state index contributed by atoms with van der Waals surface area (Å²) in [5.74, 6) is 0. The minimum absolute atomic E-state index is 0. The Balaban J connectivity index is 0.000000711. The van der Waals surface area contributed by atoms with Crippen LogP contribution in [0.4, 0.5) is 5.69 Å². The summed E-state index contributed by atoms with van der Waals surface area (Å²) in [5, 5.41) is 13.7. The molecule has 1 aromatic carbocycles. The normalized spacial score (nSPS) is 12.6. The lowest BCUT2D eigenvalue weighted by Gasteiger charge is -2.15. The first-order valence-corrected chi connectivity index (χ1v) is 5.24. The van der Waals surface area contributed by atoms with E-state index in [0.29, 0.717) is 0 Å². The molecule has 1 aromatic rings. The fourth-order valence-electron chi connectivity index (χ4n) is 1.58. The summed E-state index contributed by atoms with van der Waals surface area (Å²) in [6.45, 7) is 5.71. The molecule has 0 spiro atoms. The summed E-state index contributed by atoms with van der Waals surface area (Å²) in [6.07, 6.45) is 0.966. The monoisotopic (exact) mass is 224 g/mol. The van der Waals surface area contributed by atoms with Crippen molar-refractivity contribution in [3.8, 4) is 0 Å². The highest BCUT2D eigenvalue weighted by Gasteiger charge is 2.12. The lowest BCUT2D eigenvalue weighted by molar-refractivity contribution is -0.384. The largest absolute Gasteiger partial charge is 0.312 e. The van der Waals surface area contributed by atoms with Gasteiger partial charge in [0.1, 0.15) is 0 Å². The van der Waals surface area contributed by atoms with Gasteiger partial charge < -0.3 is 5.32 Å². The Morgan fingerprint density at radius 2 is 2.00 bits per heavy atom. The number of hydrogen-bond donors (Lipinski definition) is 1. The molecule has 16 heavy (non-hydrogen) atoms. The molecular weight excluding hydrogens is 204 g/mol. The van der Waals surface area contributed by atoms with Crippen LogP contribution in [0.15, 0.2) is 18.2 Å². The number of nitro benzene ring substituents is 1. The number of benzene rings is 1. The van der Waals surface area contributed by atoms with Gasteiger partial charge in [-0.1, -0.05) is 27.3 Å². The summed E-state index contributed by atoms with van der Waals surface area (Å²) in [4.78, 5) is 10.1. The van der Waals surface area contributed by atoms with E-state index >= 15 is 0 Å². The van der Waals surface area contributed by atoms with E-state index in [0.717, 1.165) is 25.1 Å². The van der Waals surface area contributed by atoms with E-state index in [1.54, 1.807) is 12.1 Å². The van der Waals surface area contributed by atoms with Crippen molar-refractivity contribution in [2.24, 2.45) is 0 Å². The van der Waals surface area contributed by atoms with Gasteiger partial charge in [-0.05, 0) is 24.1 Å². The van der Waals surface area contributed by atoms with Crippen LogP contribution in [0.5, 0.6) is 0 Å². The topological polar surface area (TPSA) is 55.2 Å². The zero-order chi connectivity index (χ0) is 11.3. The number of hydrogen-bond acceptors (Lipinski definition) is 3. The highest BCUT2D eigenvalue weighted by atomic mass is 16.6. The maximum atomic E-state index is 10.5. The fraction of sp³-hybridized carbons (Fsp3) is 0.500. The van der Waals surface area contributed by atoms with Gasteiger partial charge in [0.2, 0.25) is 0 Å². The van der Waals surface area contributed by atoms with Crippen LogP contribution in [0.1, 0.15) is 32.4 Å². The molecule has 90 valence electrons. The number of nitrogens with one attached hydrogen (secondary N) is 1. The fourth-order valence-corrected chi connectivity index (χ4v) is 1.58. The molecule has 0 atom stereocenters.